The summed E-state index contributed by atoms with van der Waals surface area (Å²) in [6, 6.07) is 14.0. The van der Waals surface area contributed by atoms with Crippen molar-refractivity contribution in [3.8, 4) is 0 Å². The van der Waals surface area contributed by atoms with Crippen molar-refractivity contribution in [2.24, 2.45) is 0 Å². The quantitative estimate of drug-likeness (QED) is 0.801. The number of amides is 1. The molecule has 0 aromatic heterocycles. The van der Waals surface area contributed by atoms with Crippen LogP contribution in [0.4, 0.5) is 8.78 Å². The van der Waals surface area contributed by atoms with Crippen molar-refractivity contribution >= 4 is 17.7 Å². The Morgan fingerprint density at radius 2 is 1.64 bits per heavy atom. The van der Waals surface area contributed by atoms with Crippen LogP contribution in [0.2, 0.25) is 0 Å². The molecule has 2 aromatic carbocycles. The molecular formula is C17H17F2NOS. The molecule has 22 heavy (non-hydrogen) atoms. The molecule has 0 heterocycles. The van der Waals surface area contributed by atoms with E-state index in [1.807, 2.05) is 38.1 Å². The van der Waals surface area contributed by atoms with Crippen LogP contribution < -0.4 is 5.32 Å². The van der Waals surface area contributed by atoms with E-state index in [1.165, 1.54) is 12.1 Å². The molecule has 0 spiro atoms. The van der Waals surface area contributed by atoms with Gasteiger partial charge in [0.15, 0.2) is 0 Å². The zero-order chi connectivity index (χ0) is 16.1. The highest BCUT2D eigenvalue weighted by atomic mass is 32.2. The van der Waals surface area contributed by atoms with E-state index in [-0.39, 0.29) is 11.9 Å². The first-order valence-corrected chi connectivity index (χ1v) is 7.76. The topological polar surface area (TPSA) is 29.1 Å². The molecule has 0 saturated heterocycles. The number of nitrogens with one attached hydrogen (secondary N) is 1. The summed E-state index contributed by atoms with van der Waals surface area (Å²) in [4.78, 5) is 12.6. The van der Waals surface area contributed by atoms with Gasteiger partial charge in [-0.1, -0.05) is 41.6 Å². The molecule has 0 saturated carbocycles. The Balaban J connectivity index is 2.00. The Labute approximate surface area is 132 Å². The number of benzene rings is 2. The number of thioether (sulfide) groups is 1. The molecule has 1 unspecified atom stereocenters. The van der Waals surface area contributed by atoms with E-state index in [9.17, 15) is 13.6 Å². The maximum Gasteiger partial charge on any atom is 0.288 e. The van der Waals surface area contributed by atoms with Crippen LogP contribution in [0, 0.1) is 6.92 Å². The largest absolute Gasteiger partial charge is 0.346 e. The molecule has 0 bridgehead atoms. The van der Waals surface area contributed by atoms with Gasteiger partial charge in [-0.05, 0) is 43.7 Å². The Bertz CT molecular complexity index is 626. The third kappa shape index (κ3) is 4.56. The molecule has 1 N–H and O–H groups in total. The minimum atomic E-state index is -2.46. The molecule has 2 rings (SSSR count). The lowest BCUT2D eigenvalue weighted by atomic mass is 10.1. The van der Waals surface area contributed by atoms with Gasteiger partial charge >= 0.3 is 0 Å². The Morgan fingerprint density at radius 3 is 2.18 bits per heavy atom. The van der Waals surface area contributed by atoms with E-state index in [2.05, 4.69) is 5.32 Å². The van der Waals surface area contributed by atoms with Gasteiger partial charge in [0, 0.05) is 10.5 Å². The van der Waals surface area contributed by atoms with Crippen LogP contribution in [0.25, 0.3) is 0 Å². The van der Waals surface area contributed by atoms with Crippen molar-refractivity contribution in [3.05, 3.63) is 65.2 Å². The van der Waals surface area contributed by atoms with Gasteiger partial charge in [0.25, 0.3) is 11.7 Å². The molecule has 0 aliphatic heterocycles. The van der Waals surface area contributed by atoms with Gasteiger partial charge in [-0.2, -0.15) is 8.78 Å². The van der Waals surface area contributed by atoms with E-state index in [4.69, 9.17) is 0 Å². The zero-order valence-electron chi connectivity index (χ0n) is 12.3. The Morgan fingerprint density at radius 1 is 1.05 bits per heavy atom. The summed E-state index contributed by atoms with van der Waals surface area (Å²) >= 11 is 0.466. The maximum atomic E-state index is 12.3. The van der Waals surface area contributed by atoms with Crippen LogP contribution in [0.1, 0.15) is 34.5 Å². The third-order valence-corrected chi connectivity index (χ3v) is 3.99. The second kappa shape index (κ2) is 7.40. The first-order chi connectivity index (χ1) is 10.5. The van der Waals surface area contributed by atoms with Gasteiger partial charge in [0.05, 0.1) is 6.04 Å². The number of carbonyl (C=O) groups excluding carboxylic acids is 1. The molecule has 2 nitrogen and oxygen atoms in total. The van der Waals surface area contributed by atoms with Crippen LogP contribution in [-0.2, 0) is 0 Å². The Kier molecular flexibility index (Phi) is 5.55. The molecule has 0 aliphatic rings. The summed E-state index contributed by atoms with van der Waals surface area (Å²) in [5.41, 5.74) is 2.63. The molecule has 5 heteroatoms. The first-order valence-electron chi connectivity index (χ1n) is 6.88. The smallest absolute Gasteiger partial charge is 0.288 e. The van der Waals surface area contributed by atoms with Crippen molar-refractivity contribution < 1.29 is 13.6 Å². The van der Waals surface area contributed by atoms with Gasteiger partial charge in [-0.15, -0.1) is 0 Å². The Hall–Kier alpha value is -1.88. The van der Waals surface area contributed by atoms with Crippen molar-refractivity contribution in [1.82, 2.24) is 5.32 Å². The molecule has 0 radical (unpaired) electrons. The fourth-order valence-corrected chi connectivity index (χ4v) is 2.51. The van der Waals surface area contributed by atoms with Gasteiger partial charge < -0.3 is 5.32 Å². The highest BCUT2D eigenvalue weighted by Crippen LogP contribution is 2.25. The van der Waals surface area contributed by atoms with Crippen LogP contribution in [0.15, 0.2) is 53.4 Å². The van der Waals surface area contributed by atoms with Gasteiger partial charge in [0.1, 0.15) is 0 Å². The lowest BCUT2D eigenvalue weighted by Crippen LogP contribution is -2.26. The van der Waals surface area contributed by atoms with Gasteiger partial charge in [-0.25, -0.2) is 0 Å². The molecular weight excluding hydrogens is 304 g/mol. The SMILES string of the molecule is Cc1ccc(C(C)NC(=O)c2ccc(SC(F)F)cc2)cc1. The summed E-state index contributed by atoms with van der Waals surface area (Å²) in [5, 5.41) is 2.90. The third-order valence-electron chi connectivity index (χ3n) is 3.27. The molecule has 0 fully saturated rings. The monoisotopic (exact) mass is 321 g/mol. The number of rotatable bonds is 5. The number of alkyl halides is 2. The van der Waals surface area contributed by atoms with Crippen LogP contribution >= 0.6 is 11.8 Å². The minimum Gasteiger partial charge on any atom is -0.346 e. The lowest BCUT2D eigenvalue weighted by Gasteiger charge is -2.15. The van der Waals surface area contributed by atoms with Crippen molar-refractivity contribution in [3.63, 3.8) is 0 Å². The number of aryl methyl sites for hydroxylation is 1. The molecule has 1 amide bonds. The summed E-state index contributed by atoms with van der Waals surface area (Å²) in [6.45, 7) is 3.91. The number of hydrogen-bond acceptors (Lipinski definition) is 2. The summed E-state index contributed by atoms with van der Waals surface area (Å²) < 4.78 is 24.5. The van der Waals surface area contributed by atoms with Crippen molar-refractivity contribution in [2.45, 2.75) is 30.5 Å². The first kappa shape index (κ1) is 16.5. The summed E-state index contributed by atoms with van der Waals surface area (Å²) in [5.74, 6) is -2.68. The molecule has 0 aliphatic carbocycles. The van der Waals surface area contributed by atoms with Crippen LogP contribution in [0.3, 0.4) is 0 Å². The predicted molar refractivity (Wildman–Crippen MR) is 85.4 cm³/mol. The van der Waals surface area contributed by atoms with Gasteiger partial charge in [0.2, 0.25) is 0 Å². The predicted octanol–water partition coefficient (Wildman–Crippen LogP) is 4.80. The number of hydrogen-bond donors (Lipinski definition) is 1. The van der Waals surface area contributed by atoms with E-state index in [0.29, 0.717) is 22.2 Å². The molecule has 2 aromatic rings. The average Bonchev–Trinajstić information content (AvgIpc) is 2.48. The maximum absolute atomic E-state index is 12.3. The highest BCUT2D eigenvalue weighted by molar-refractivity contribution is 7.99. The van der Waals surface area contributed by atoms with E-state index >= 15 is 0 Å². The van der Waals surface area contributed by atoms with E-state index < -0.39 is 5.76 Å². The summed E-state index contributed by atoms with van der Waals surface area (Å²) in [6.07, 6.45) is 0. The summed E-state index contributed by atoms with van der Waals surface area (Å²) in [7, 11) is 0. The highest BCUT2D eigenvalue weighted by Gasteiger charge is 2.12. The fraction of sp³-hybridized carbons (Fsp3) is 0.235. The second-order valence-electron chi connectivity index (χ2n) is 5.01. The lowest BCUT2D eigenvalue weighted by molar-refractivity contribution is 0.0940. The van der Waals surface area contributed by atoms with Crippen LogP contribution in [0.5, 0.6) is 0 Å². The molecule has 1 atom stereocenters. The standard InChI is InChI=1S/C17H17F2NOS/c1-11-3-5-13(6-4-11)12(2)20-16(21)14-7-9-15(10-8-14)22-17(18)19/h3-10,12,17H,1-2H3,(H,20,21). The van der Waals surface area contributed by atoms with Crippen molar-refractivity contribution in [1.29, 1.82) is 0 Å². The van der Waals surface area contributed by atoms with Crippen molar-refractivity contribution in [2.75, 3.05) is 0 Å². The minimum absolute atomic E-state index is 0.122. The number of halogens is 2. The average molecular weight is 321 g/mol. The fourth-order valence-electron chi connectivity index (χ4n) is 2.01. The number of carbonyl (C=O) groups is 1. The van der Waals surface area contributed by atoms with E-state index in [1.54, 1.807) is 12.1 Å². The second-order valence-corrected chi connectivity index (χ2v) is 6.07. The van der Waals surface area contributed by atoms with Gasteiger partial charge in [-0.3, -0.25) is 4.79 Å². The normalized spacial score (nSPS) is 12.2. The van der Waals surface area contributed by atoms with E-state index in [0.717, 1.165) is 11.1 Å². The molecule has 116 valence electrons. The van der Waals surface area contributed by atoms with Crippen LogP contribution in [-0.4, -0.2) is 11.7 Å². The zero-order valence-corrected chi connectivity index (χ0v) is 13.2.